The van der Waals surface area contributed by atoms with Crippen molar-refractivity contribution in [2.75, 3.05) is 11.9 Å². The number of carbonyl (C=O) groups is 1. The van der Waals surface area contributed by atoms with E-state index in [9.17, 15) is 22.4 Å². The molecule has 0 saturated carbocycles. The zero-order chi connectivity index (χ0) is 20.9. The van der Waals surface area contributed by atoms with Gasteiger partial charge >= 0.3 is 12.3 Å². The highest BCUT2D eigenvalue weighted by atomic mass is 19.3. The lowest BCUT2D eigenvalue weighted by molar-refractivity contribution is -0.157. The average molecular weight is 401 g/mol. The van der Waals surface area contributed by atoms with Crippen molar-refractivity contribution in [1.82, 2.24) is 9.88 Å². The number of carbonyl (C=O) groups excluding carboxylic acids is 1. The second-order valence-corrected chi connectivity index (χ2v) is 6.48. The van der Waals surface area contributed by atoms with Crippen molar-refractivity contribution in [3.05, 3.63) is 48.0 Å². The first-order valence-corrected chi connectivity index (χ1v) is 8.86. The molecule has 0 aliphatic carbocycles. The molecule has 0 spiro atoms. The Hall–Kier alpha value is -2.58. The summed E-state index contributed by atoms with van der Waals surface area (Å²) < 4.78 is 55.7. The number of allylic oxidation sites excluding steroid dienone is 1. The molecular formula is C19H23F4N3O2. The third-order valence-electron chi connectivity index (χ3n) is 4.34. The molecule has 0 radical (unpaired) electrons. The highest BCUT2D eigenvalue weighted by Gasteiger charge is 2.42. The monoisotopic (exact) mass is 401 g/mol. The number of hydrogen-bond acceptors (Lipinski definition) is 4. The van der Waals surface area contributed by atoms with Gasteiger partial charge in [-0.1, -0.05) is 13.0 Å². The normalized spacial score (nSPS) is 18.1. The van der Waals surface area contributed by atoms with Crippen LogP contribution < -0.4 is 5.32 Å². The minimum Gasteiger partial charge on any atom is -0.486 e. The van der Waals surface area contributed by atoms with E-state index in [1.165, 1.54) is 12.3 Å². The predicted molar refractivity (Wildman–Crippen MR) is 97.0 cm³/mol. The van der Waals surface area contributed by atoms with Crippen LogP contribution >= 0.6 is 0 Å². The molecule has 2 unspecified atom stereocenters. The highest BCUT2D eigenvalue weighted by molar-refractivity contribution is 5.89. The first-order valence-electron chi connectivity index (χ1n) is 8.86. The second-order valence-electron chi connectivity index (χ2n) is 6.48. The quantitative estimate of drug-likeness (QED) is 0.652. The molecule has 1 amide bonds. The molecule has 2 atom stereocenters. The molecule has 1 aromatic heterocycles. The number of nitrogens with one attached hydrogen (secondary N) is 1. The largest absolute Gasteiger partial charge is 0.486 e. The van der Waals surface area contributed by atoms with Crippen LogP contribution in [0.5, 0.6) is 0 Å². The molecule has 1 aromatic rings. The molecule has 0 aromatic carbocycles. The molecule has 1 aliphatic heterocycles. The van der Waals surface area contributed by atoms with Crippen LogP contribution in [-0.2, 0) is 9.53 Å². The SMILES string of the molecule is CCC(=O)Nc1cc(C(C)N2C=C(OCC(F)(F)C(F)F)C=CC2C)ccn1. The van der Waals surface area contributed by atoms with Crippen LogP contribution in [0, 0.1) is 0 Å². The molecule has 28 heavy (non-hydrogen) atoms. The number of anilines is 1. The summed E-state index contributed by atoms with van der Waals surface area (Å²) in [7, 11) is 0. The number of hydrogen-bond donors (Lipinski definition) is 1. The summed E-state index contributed by atoms with van der Waals surface area (Å²) in [6.07, 6.45) is 2.82. The average Bonchev–Trinajstić information content (AvgIpc) is 2.66. The van der Waals surface area contributed by atoms with E-state index in [1.54, 1.807) is 31.3 Å². The van der Waals surface area contributed by atoms with Gasteiger partial charge in [-0.05, 0) is 37.6 Å². The molecule has 0 bridgehead atoms. The maximum Gasteiger partial charge on any atom is 0.340 e. The van der Waals surface area contributed by atoms with E-state index in [-0.39, 0.29) is 23.8 Å². The van der Waals surface area contributed by atoms with Crippen LogP contribution in [0.15, 0.2) is 42.4 Å². The van der Waals surface area contributed by atoms with Crippen molar-refractivity contribution < 1.29 is 27.1 Å². The van der Waals surface area contributed by atoms with Crippen molar-refractivity contribution in [1.29, 1.82) is 0 Å². The van der Waals surface area contributed by atoms with Gasteiger partial charge in [0, 0.05) is 24.9 Å². The molecule has 0 saturated heterocycles. The summed E-state index contributed by atoms with van der Waals surface area (Å²) in [4.78, 5) is 17.5. The van der Waals surface area contributed by atoms with Gasteiger partial charge in [0.1, 0.15) is 11.6 Å². The Morgan fingerprint density at radius 3 is 2.79 bits per heavy atom. The van der Waals surface area contributed by atoms with Crippen LogP contribution in [0.25, 0.3) is 0 Å². The van der Waals surface area contributed by atoms with Crippen LogP contribution in [0.1, 0.15) is 38.8 Å². The summed E-state index contributed by atoms with van der Waals surface area (Å²) in [5.74, 6) is -3.90. The van der Waals surface area contributed by atoms with E-state index < -0.39 is 19.0 Å². The third kappa shape index (κ3) is 5.46. The summed E-state index contributed by atoms with van der Waals surface area (Å²) in [5.41, 5.74) is 0.831. The van der Waals surface area contributed by atoms with Gasteiger partial charge in [0.2, 0.25) is 5.91 Å². The van der Waals surface area contributed by atoms with Gasteiger partial charge in [-0.25, -0.2) is 13.8 Å². The van der Waals surface area contributed by atoms with Crippen molar-refractivity contribution in [2.24, 2.45) is 0 Å². The molecule has 2 heterocycles. The number of pyridine rings is 1. The number of ether oxygens (including phenoxy) is 1. The first-order chi connectivity index (χ1) is 13.1. The summed E-state index contributed by atoms with van der Waals surface area (Å²) in [6, 6.07) is 3.20. The number of amides is 1. The van der Waals surface area contributed by atoms with E-state index in [0.717, 1.165) is 5.56 Å². The van der Waals surface area contributed by atoms with Crippen LogP contribution in [0.2, 0.25) is 0 Å². The lowest BCUT2D eigenvalue weighted by Crippen LogP contribution is -2.34. The highest BCUT2D eigenvalue weighted by Crippen LogP contribution is 2.29. The summed E-state index contributed by atoms with van der Waals surface area (Å²) in [5, 5.41) is 2.68. The predicted octanol–water partition coefficient (Wildman–Crippen LogP) is 4.51. The summed E-state index contributed by atoms with van der Waals surface area (Å²) in [6.45, 7) is 4.11. The van der Waals surface area contributed by atoms with E-state index in [1.807, 2.05) is 18.7 Å². The molecule has 1 N–H and O–H groups in total. The number of alkyl halides is 4. The van der Waals surface area contributed by atoms with E-state index >= 15 is 0 Å². The molecular weight excluding hydrogens is 378 g/mol. The molecule has 0 fully saturated rings. The fourth-order valence-corrected chi connectivity index (χ4v) is 2.61. The van der Waals surface area contributed by atoms with Crippen LogP contribution in [0.4, 0.5) is 23.4 Å². The lowest BCUT2D eigenvalue weighted by Gasteiger charge is -2.35. The zero-order valence-corrected chi connectivity index (χ0v) is 15.8. The standard InChI is InChI=1S/C19H23F4N3O2/c1-4-17(27)25-16-9-14(7-8-24-16)13(3)26-10-15(6-5-12(26)2)28-11-19(22,23)18(20)21/h5-10,12-13,18H,4,11H2,1-3H3,(H,24,25,27). The fourth-order valence-electron chi connectivity index (χ4n) is 2.61. The Bertz CT molecular complexity index is 752. The maximum atomic E-state index is 13.1. The fraction of sp³-hybridized carbons (Fsp3) is 0.474. The third-order valence-corrected chi connectivity index (χ3v) is 4.34. The summed E-state index contributed by atoms with van der Waals surface area (Å²) >= 11 is 0. The number of rotatable bonds is 8. The Morgan fingerprint density at radius 2 is 2.14 bits per heavy atom. The van der Waals surface area contributed by atoms with Gasteiger partial charge in [0.15, 0.2) is 6.61 Å². The van der Waals surface area contributed by atoms with Gasteiger partial charge in [-0.3, -0.25) is 4.79 Å². The van der Waals surface area contributed by atoms with Gasteiger partial charge in [-0.15, -0.1) is 0 Å². The van der Waals surface area contributed by atoms with Gasteiger partial charge in [-0.2, -0.15) is 8.78 Å². The number of nitrogens with zero attached hydrogens (tertiary/aromatic N) is 2. The van der Waals surface area contributed by atoms with Gasteiger partial charge in [0.25, 0.3) is 0 Å². The lowest BCUT2D eigenvalue weighted by atomic mass is 10.0. The minimum absolute atomic E-state index is 0.0684. The van der Waals surface area contributed by atoms with Gasteiger partial charge in [0.05, 0.1) is 6.04 Å². The zero-order valence-electron chi connectivity index (χ0n) is 15.8. The Morgan fingerprint density at radius 1 is 1.43 bits per heavy atom. The molecule has 1 aliphatic rings. The molecule has 5 nitrogen and oxygen atoms in total. The first kappa shape index (κ1) is 21.7. The second kappa shape index (κ2) is 9.07. The maximum absolute atomic E-state index is 13.1. The molecule has 154 valence electrons. The Labute approximate surface area is 161 Å². The van der Waals surface area contributed by atoms with E-state index in [4.69, 9.17) is 4.74 Å². The van der Waals surface area contributed by atoms with E-state index in [2.05, 4.69) is 10.3 Å². The van der Waals surface area contributed by atoms with E-state index in [0.29, 0.717) is 12.2 Å². The van der Waals surface area contributed by atoms with Gasteiger partial charge < -0.3 is 15.0 Å². The van der Waals surface area contributed by atoms with Crippen LogP contribution in [0.3, 0.4) is 0 Å². The molecule has 9 heteroatoms. The number of halogens is 4. The van der Waals surface area contributed by atoms with Crippen molar-refractivity contribution >= 4 is 11.7 Å². The Kier molecular flexibility index (Phi) is 7.04. The van der Waals surface area contributed by atoms with Crippen LogP contribution in [-0.4, -0.2) is 40.8 Å². The van der Waals surface area contributed by atoms with Crippen molar-refractivity contribution in [2.45, 2.75) is 51.6 Å². The molecule has 2 rings (SSSR count). The topological polar surface area (TPSA) is 54.5 Å². The van der Waals surface area contributed by atoms with Crippen molar-refractivity contribution in [3.8, 4) is 0 Å². The number of aromatic nitrogens is 1. The van der Waals surface area contributed by atoms with Crippen molar-refractivity contribution in [3.63, 3.8) is 0 Å². The minimum atomic E-state index is -4.22. The Balaban J connectivity index is 2.14. The smallest absolute Gasteiger partial charge is 0.340 e.